The third-order valence-electron chi connectivity index (χ3n) is 14.4. The average Bonchev–Trinajstić information content (AvgIpc) is 3.83. The zero-order valence-corrected chi connectivity index (χ0v) is 43.9. The van der Waals surface area contributed by atoms with Gasteiger partial charge in [-0.15, -0.1) is 0 Å². The lowest BCUT2D eigenvalue weighted by Crippen LogP contribution is -2.38. The van der Waals surface area contributed by atoms with Gasteiger partial charge in [0.2, 0.25) is 0 Å². The maximum Gasteiger partial charge on any atom is 0.306 e. The Kier molecular flexibility index (Phi) is 39.7. The number of carbonyl (C=O) groups excluding carboxylic acids is 3. The predicted molar refractivity (Wildman–Crippen MR) is 273 cm³/mol. The highest BCUT2D eigenvalue weighted by molar-refractivity contribution is 5.70. The predicted octanol–water partition coefficient (Wildman–Crippen LogP) is 15.2. The number of likely N-dealkylation sites (tertiary alicyclic amines) is 1. The van der Waals surface area contributed by atoms with Crippen molar-refractivity contribution in [3.63, 3.8) is 0 Å². The summed E-state index contributed by atoms with van der Waals surface area (Å²) in [6.07, 6.45) is 41.1. The van der Waals surface area contributed by atoms with Crippen LogP contribution in [-0.2, 0) is 38.1 Å². The Morgan fingerprint density at radius 1 is 0.409 bits per heavy atom. The lowest BCUT2D eigenvalue weighted by atomic mass is 9.92. The van der Waals surface area contributed by atoms with E-state index in [0.29, 0.717) is 57.5 Å². The van der Waals surface area contributed by atoms with Gasteiger partial charge in [0.25, 0.3) is 0 Å². The number of unbranched alkanes of at least 4 members (excludes halogenated alkanes) is 17. The standard InChI is InChI=1S/C57H107NO8/c1-5-9-20-31-50(32-21-10-6-2)38-45-64-55(59)35-24-16-13-14-18-28-43-62-52-47-53(49-54(48-52)66-57(61)37-30-42-58-40-26-27-41-58)63-44-29-19-15-17-25-36-56(60)65-46-39-51(33-22-11-7-3)34-23-12-8-4/h50-54H,5-49H2,1-4H3. The van der Waals surface area contributed by atoms with Gasteiger partial charge in [0.05, 0.1) is 25.4 Å². The van der Waals surface area contributed by atoms with E-state index < -0.39 is 0 Å². The molecule has 0 N–H and O–H groups in total. The van der Waals surface area contributed by atoms with Crippen molar-refractivity contribution in [2.45, 2.75) is 290 Å². The van der Waals surface area contributed by atoms with Gasteiger partial charge in [-0.05, 0) is 89.3 Å². The molecule has 9 nitrogen and oxygen atoms in total. The average molecular weight is 934 g/mol. The SMILES string of the molecule is CCCCCC(CCCCC)CCOC(=O)CCCCCCCCOC1CC(OCCCCCCCC(=O)OCCC(CCCCC)CCCCC)CC(OC(=O)CCCN2CCCC2)C1. The summed E-state index contributed by atoms with van der Waals surface area (Å²) in [5.74, 6) is 1.23. The second-order valence-corrected chi connectivity index (χ2v) is 20.6. The molecule has 0 amide bonds. The molecule has 1 aliphatic heterocycles. The summed E-state index contributed by atoms with van der Waals surface area (Å²) in [7, 11) is 0. The van der Waals surface area contributed by atoms with E-state index in [1.807, 2.05) is 0 Å². The van der Waals surface area contributed by atoms with Crippen LogP contribution in [0, 0.1) is 11.8 Å². The van der Waals surface area contributed by atoms with Crippen LogP contribution in [0.25, 0.3) is 0 Å². The summed E-state index contributed by atoms with van der Waals surface area (Å²) in [6, 6.07) is 0. The molecule has 388 valence electrons. The van der Waals surface area contributed by atoms with Crippen LogP contribution >= 0.6 is 0 Å². The first-order chi connectivity index (χ1) is 32.4. The highest BCUT2D eigenvalue weighted by Gasteiger charge is 2.32. The Labute approximate surface area is 407 Å². The first kappa shape index (κ1) is 60.4. The number of rotatable bonds is 46. The fourth-order valence-electron chi connectivity index (χ4n) is 10.1. The Bertz CT molecular complexity index is 1110. The minimum Gasteiger partial charge on any atom is -0.466 e. The molecule has 1 heterocycles. The quantitative estimate of drug-likeness (QED) is 0.0335. The summed E-state index contributed by atoms with van der Waals surface area (Å²) < 4.78 is 30.2. The molecular formula is C57H107NO8. The first-order valence-electron chi connectivity index (χ1n) is 28.8. The van der Waals surface area contributed by atoms with Gasteiger partial charge in [-0.3, -0.25) is 14.4 Å². The van der Waals surface area contributed by atoms with E-state index in [4.69, 9.17) is 23.7 Å². The van der Waals surface area contributed by atoms with Crippen LogP contribution in [-0.4, -0.2) is 87.2 Å². The van der Waals surface area contributed by atoms with Gasteiger partial charge < -0.3 is 28.6 Å². The Morgan fingerprint density at radius 3 is 1.21 bits per heavy atom. The molecule has 0 spiro atoms. The normalized spacial score (nSPS) is 17.8. The number of hydrogen-bond acceptors (Lipinski definition) is 9. The summed E-state index contributed by atoms with van der Waals surface area (Å²) in [6.45, 7) is 14.9. The molecule has 0 bridgehead atoms. The Morgan fingerprint density at radius 2 is 0.788 bits per heavy atom. The molecule has 2 fully saturated rings. The molecule has 0 aromatic heterocycles. The summed E-state index contributed by atoms with van der Waals surface area (Å²) in [5.41, 5.74) is 0. The lowest BCUT2D eigenvalue weighted by molar-refractivity contribution is -0.158. The van der Waals surface area contributed by atoms with Crippen LogP contribution in [0.5, 0.6) is 0 Å². The van der Waals surface area contributed by atoms with Gasteiger partial charge in [-0.2, -0.15) is 0 Å². The summed E-state index contributed by atoms with van der Waals surface area (Å²) in [5, 5.41) is 0. The van der Waals surface area contributed by atoms with E-state index in [1.165, 1.54) is 116 Å². The maximum atomic E-state index is 12.9. The van der Waals surface area contributed by atoms with Gasteiger partial charge in [-0.25, -0.2) is 0 Å². The van der Waals surface area contributed by atoms with Crippen molar-refractivity contribution in [3.05, 3.63) is 0 Å². The molecule has 0 aromatic carbocycles. The van der Waals surface area contributed by atoms with Crippen LogP contribution in [0.15, 0.2) is 0 Å². The molecule has 1 aliphatic carbocycles. The number of carbonyl (C=O) groups is 3. The largest absolute Gasteiger partial charge is 0.466 e. The van der Waals surface area contributed by atoms with Crippen LogP contribution < -0.4 is 0 Å². The molecule has 0 aromatic rings. The smallest absolute Gasteiger partial charge is 0.306 e. The molecule has 1 saturated carbocycles. The molecule has 66 heavy (non-hydrogen) atoms. The minimum absolute atomic E-state index is 0.0275. The van der Waals surface area contributed by atoms with Gasteiger partial charge in [0, 0.05) is 51.7 Å². The number of esters is 3. The van der Waals surface area contributed by atoms with Crippen LogP contribution in [0.1, 0.15) is 272 Å². The maximum absolute atomic E-state index is 12.9. The third-order valence-corrected chi connectivity index (χ3v) is 14.4. The highest BCUT2D eigenvalue weighted by Crippen LogP contribution is 2.28. The van der Waals surface area contributed by atoms with Crippen molar-refractivity contribution in [3.8, 4) is 0 Å². The van der Waals surface area contributed by atoms with Gasteiger partial charge in [-0.1, -0.05) is 175 Å². The van der Waals surface area contributed by atoms with E-state index in [-0.39, 0.29) is 36.2 Å². The zero-order valence-electron chi connectivity index (χ0n) is 43.9. The van der Waals surface area contributed by atoms with Crippen LogP contribution in [0.4, 0.5) is 0 Å². The van der Waals surface area contributed by atoms with Crippen molar-refractivity contribution in [2.24, 2.45) is 11.8 Å². The minimum atomic E-state index is -0.162. The second-order valence-electron chi connectivity index (χ2n) is 20.6. The van der Waals surface area contributed by atoms with Crippen molar-refractivity contribution >= 4 is 17.9 Å². The first-order valence-corrected chi connectivity index (χ1v) is 28.8. The van der Waals surface area contributed by atoms with E-state index in [9.17, 15) is 14.4 Å². The highest BCUT2D eigenvalue weighted by atomic mass is 16.6. The third kappa shape index (κ3) is 34.6. The molecule has 3 unspecified atom stereocenters. The number of nitrogens with zero attached hydrogens (tertiary/aromatic N) is 1. The van der Waals surface area contributed by atoms with Crippen molar-refractivity contribution < 1.29 is 38.1 Å². The molecule has 2 rings (SSSR count). The molecular weight excluding hydrogens is 827 g/mol. The lowest BCUT2D eigenvalue weighted by Gasteiger charge is -2.34. The Balaban J connectivity index is 1.62. The van der Waals surface area contributed by atoms with Crippen LogP contribution in [0.2, 0.25) is 0 Å². The topological polar surface area (TPSA) is 101 Å². The van der Waals surface area contributed by atoms with Gasteiger partial charge in [0.15, 0.2) is 0 Å². The summed E-state index contributed by atoms with van der Waals surface area (Å²) in [4.78, 5) is 40.2. The van der Waals surface area contributed by atoms with E-state index in [1.54, 1.807) is 0 Å². The van der Waals surface area contributed by atoms with Crippen LogP contribution in [0.3, 0.4) is 0 Å². The molecule has 2 aliphatic rings. The fourth-order valence-corrected chi connectivity index (χ4v) is 10.1. The summed E-state index contributed by atoms with van der Waals surface area (Å²) >= 11 is 0. The molecule has 1 saturated heterocycles. The molecule has 9 heteroatoms. The Hall–Kier alpha value is -1.71. The van der Waals surface area contributed by atoms with Crippen molar-refractivity contribution in [1.82, 2.24) is 4.90 Å². The zero-order chi connectivity index (χ0) is 47.6. The van der Waals surface area contributed by atoms with E-state index in [2.05, 4.69) is 32.6 Å². The van der Waals surface area contributed by atoms with Crippen molar-refractivity contribution in [1.29, 1.82) is 0 Å². The van der Waals surface area contributed by atoms with E-state index in [0.717, 1.165) is 129 Å². The fraction of sp³-hybridized carbons (Fsp3) is 0.947. The number of ether oxygens (including phenoxy) is 5. The monoisotopic (exact) mass is 934 g/mol. The van der Waals surface area contributed by atoms with Gasteiger partial charge in [0.1, 0.15) is 6.10 Å². The van der Waals surface area contributed by atoms with E-state index >= 15 is 0 Å². The molecule has 3 atom stereocenters. The second kappa shape index (κ2) is 43.3. The van der Waals surface area contributed by atoms with Gasteiger partial charge >= 0.3 is 17.9 Å². The van der Waals surface area contributed by atoms with Crippen molar-refractivity contribution in [2.75, 3.05) is 46.1 Å². The number of hydrogen-bond donors (Lipinski definition) is 0. The molecule has 0 radical (unpaired) electrons.